The third kappa shape index (κ3) is 4.53. The number of nitrogens with one attached hydrogen (secondary N) is 1. The summed E-state index contributed by atoms with van der Waals surface area (Å²) >= 11 is 0. The van der Waals surface area contributed by atoms with Crippen molar-refractivity contribution in [3.05, 3.63) is 69.8 Å². The zero-order valence-corrected chi connectivity index (χ0v) is 15.2. The average molecular weight is 369 g/mol. The van der Waals surface area contributed by atoms with Gasteiger partial charge in [-0.3, -0.25) is 4.79 Å². The van der Waals surface area contributed by atoms with Gasteiger partial charge in [-0.15, -0.1) is 0 Å². The van der Waals surface area contributed by atoms with Crippen LogP contribution >= 0.6 is 0 Å². The van der Waals surface area contributed by atoms with Crippen LogP contribution < -0.4 is 15.7 Å². The molecule has 1 aromatic heterocycles. The molecular formula is C21H20FNO4. The maximum Gasteiger partial charge on any atom is 0.336 e. The average Bonchev–Trinajstić information content (AvgIpc) is 2.63. The molecule has 0 atom stereocenters. The van der Waals surface area contributed by atoms with Gasteiger partial charge in [0.1, 0.15) is 17.1 Å². The minimum atomic E-state index is -0.417. The number of anilines is 1. The van der Waals surface area contributed by atoms with E-state index in [0.29, 0.717) is 22.6 Å². The van der Waals surface area contributed by atoms with Crippen LogP contribution in [-0.2, 0) is 11.2 Å². The van der Waals surface area contributed by atoms with Gasteiger partial charge in [-0.2, -0.15) is 0 Å². The topological polar surface area (TPSA) is 68.5 Å². The number of hydrogen-bond donors (Lipinski definition) is 1. The molecule has 0 saturated heterocycles. The lowest BCUT2D eigenvalue weighted by Gasteiger charge is -2.09. The summed E-state index contributed by atoms with van der Waals surface area (Å²) in [5.74, 6) is -0.398. The molecule has 3 rings (SSSR count). The number of rotatable bonds is 6. The third-order valence-electron chi connectivity index (χ3n) is 4.15. The number of benzene rings is 2. The van der Waals surface area contributed by atoms with Crippen LogP contribution in [0.25, 0.3) is 11.0 Å². The Morgan fingerprint density at radius 3 is 2.74 bits per heavy atom. The minimum Gasteiger partial charge on any atom is -0.484 e. The first-order valence-electron chi connectivity index (χ1n) is 8.72. The summed E-state index contributed by atoms with van der Waals surface area (Å²) in [6, 6.07) is 11.1. The molecule has 2 aromatic carbocycles. The molecule has 27 heavy (non-hydrogen) atoms. The summed E-state index contributed by atoms with van der Waals surface area (Å²) in [5.41, 5.74) is 1.80. The van der Waals surface area contributed by atoms with Crippen LogP contribution in [0, 0.1) is 12.7 Å². The molecule has 0 aliphatic carbocycles. The Labute approximate surface area is 155 Å². The molecule has 140 valence electrons. The lowest BCUT2D eigenvalue weighted by atomic mass is 10.1. The van der Waals surface area contributed by atoms with Crippen LogP contribution in [-0.4, -0.2) is 12.5 Å². The number of halogens is 1. The van der Waals surface area contributed by atoms with E-state index in [9.17, 15) is 14.0 Å². The van der Waals surface area contributed by atoms with Crippen LogP contribution in [0.3, 0.4) is 0 Å². The molecular weight excluding hydrogens is 349 g/mol. The molecule has 3 aromatic rings. The van der Waals surface area contributed by atoms with E-state index in [1.165, 1.54) is 12.1 Å². The maximum atomic E-state index is 13.5. The normalized spacial score (nSPS) is 10.8. The van der Waals surface area contributed by atoms with E-state index in [1.807, 2.05) is 13.0 Å². The summed E-state index contributed by atoms with van der Waals surface area (Å²) in [6.45, 7) is 3.43. The van der Waals surface area contributed by atoms with Crippen molar-refractivity contribution in [3.63, 3.8) is 0 Å². The molecule has 0 spiro atoms. The van der Waals surface area contributed by atoms with Crippen LogP contribution in [0.15, 0.2) is 51.7 Å². The zero-order valence-electron chi connectivity index (χ0n) is 15.2. The SMILES string of the molecule is CCCc1cc(=O)oc2cc(OCC(=O)Nc3ccc(C)c(F)c3)ccc12. The number of aryl methyl sites for hydroxylation is 2. The van der Waals surface area contributed by atoms with Crippen molar-refractivity contribution >= 4 is 22.6 Å². The first-order chi connectivity index (χ1) is 13.0. The second-order valence-electron chi connectivity index (χ2n) is 6.30. The van der Waals surface area contributed by atoms with Crippen molar-refractivity contribution in [1.29, 1.82) is 0 Å². The Bertz CT molecular complexity index is 1040. The highest BCUT2D eigenvalue weighted by Gasteiger charge is 2.09. The number of carbonyl (C=O) groups excluding carboxylic acids is 1. The number of carbonyl (C=O) groups is 1. The van der Waals surface area contributed by atoms with E-state index in [-0.39, 0.29) is 12.4 Å². The first-order valence-corrected chi connectivity index (χ1v) is 8.72. The fourth-order valence-corrected chi connectivity index (χ4v) is 2.79. The Hall–Kier alpha value is -3.15. The van der Waals surface area contributed by atoms with E-state index in [1.54, 1.807) is 31.2 Å². The molecule has 0 saturated carbocycles. The summed E-state index contributed by atoms with van der Waals surface area (Å²) in [6.07, 6.45) is 1.69. The van der Waals surface area contributed by atoms with Gasteiger partial charge < -0.3 is 14.5 Å². The Balaban J connectivity index is 1.70. The molecule has 1 amide bonds. The van der Waals surface area contributed by atoms with Crippen molar-refractivity contribution in [2.45, 2.75) is 26.7 Å². The number of fused-ring (bicyclic) bond motifs is 1. The Morgan fingerprint density at radius 1 is 1.19 bits per heavy atom. The molecule has 0 radical (unpaired) electrons. The minimum absolute atomic E-state index is 0.250. The van der Waals surface area contributed by atoms with Gasteiger partial charge in [0.15, 0.2) is 6.61 Å². The number of hydrogen-bond acceptors (Lipinski definition) is 4. The van der Waals surface area contributed by atoms with E-state index in [4.69, 9.17) is 9.15 Å². The first kappa shape index (κ1) is 18.6. The van der Waals surface area contributed by atoms with Crippen molar-refractivity contribution in [2.24, 2.45) is 0 Å². The largest absolute Gasteiger partial charge is 0.484 e. The van der Waals surface area contributed by atoms with Crippen LogP contribution in [0.4, 0.5) is 10.1 Å². The highest BCUT2D eigenvalue weighted by Crippen LogP contribution is 2.23. The standard InChI is InChI=1S/C21H20FNO4/c1-3-4-14-9-21(25)27-19-11-16(7-8-17(14)19)26-12-20(24)23-15-6-5-13(2)18(22)10-15/h5-11H,3-4,12H2,1-2H3,(H,23,24). The van der Waals surface area contributed by atoms with Crippen molar-refractivity contribution in [1.82, 2.24) is 0 Å². The fraction of sp³-hybridized carbons (Fsp3) is 0.238. The third-order valence-corrected chi connectivity index (χ3v) is 4.15. The summed E-state index contributed by atoms with van der Waals surface area (Å²) < 4.78 is 24.2. The number of amides is 1. The van der Waals surface area contributed by atoms with Crippen LogP contribution in [0.1, 0.15) is 24.5 Å². The molecule has 0 bridgehead atoms. The van der Waals surface area contributed by atoms with Crippen LogP contribution in [0.5, 0.6) is 5.75 Å². The molecule has 6 heteroatoms. The Kier molecular flexibility index (Phi) is 5.54. The monoisotopic (exact) mass is 369 g/mol. The van der Waals surface area contributed by atoms with Gasteiger partial charge in [-0.1, -0.05) is 19.4 Å². The van der Waals surface area contributed by atoms with Gasteiger partial charge in [0.05, 0.1) is 0 Å². The predicted molar refractivity (Wildman–Crippen MR) is 102 cm³/mol. The molecule has 0 aliphatic rings. The lowest BCUT2D eigenvalue weighted by Crippen LogP contribution is -2.20. The maximum absolute atomic E-state index is 13.5. The smallest absolute Gasteiger partial charge is 0.336 e. The van der Waals surface area contributed by atoms with E-state index < -0.39 is 11.5 Å². The van der Waals surface area contributed by atoms with E-state index >= 15 is 0 Å². The van der Waals surface area contributed by atoms with Gasteiger partial charge in [-0.25, -0.2) is 9.18 Å². The fourth-order valence-electron chi connectivity index (χ4n) is 2.79. The van der Waals surface area contributed by atoms with Gasteiger partial charge >= 0.3 is 5.63 Å². The summed E-state index contributed by atoms with van der Waals surface area (Å²) in [4.78, 5) is 23.7. The van der Waals surface area contributed by atoms with Gasteiger partial charge in [0.25, 0.3) is 5.91 Å². The quantitative estimate of drug-likeness (QED) is 0.661. The molecule has 0 fully saturated rings. The number of ether oxygens (including phenoxy) is 1. The van der Waals surface area contributed by atoms with E-state index in [0.717, 1.165) is 23.8 Å². The predicted octanol–water partition coefficient (Wildman–Crippen LogP) is 4.21. The highest BCUT2D eigenvalue weighted by molar-refractivity contribution is 5.92. The highest BCUT2D eigenvalue weighted by atomic mass is 19.1. The van der Waals surface area contributed by atoms with Crippen molar-refractivity contribution in [2.75, 3.05) is 11.9 Å². The second kappa shape index (κ2) is 8.03. The molecule has 1 N–H and O–H groups in total. The summed E-state index contributed by atoms with van der Waals surface area (Å²) in [5, 5.41) is 3.43. The van der Waals surface area contributed by atoms with Crippen molar-refractivity contribution in [3.8, 4) is 5.75 Å². The van der Waals surface area contributed by atoms with Crippen molar-refractivity contribution < 1.29 is 18.3 Å². The second-order valence-corrected chi connectivity index (χ2v) is 6.30. The molecule has 5 nitrogen and oxygen atoms in total. The zero-order chi connectivity index (χ0) is 19.4. The van der Waals surface area contributed by atoms with E-state index in [2.05, 4.69) is 5.32 Å². The lowest BCUT2D eigenvalue weighted by molar-refractivity contribution is -0.118. The van der Waals surface area contributed by atoms with Crippen LogP contribution in [0.2, 0.25) is 0 Å². The molecule has 1 heterocycles. The molecule has 0 unspecified atom stereocenters. The van der Waals surface area contributed by atoms with Gasteiger partial charge in [0, 0.05) is 23.2 Å². The summed E-state index contributed by atoms with van der Waals surface area (Å²) in [7, 11) is 0. The Morgan fingerprint density at radius 2 is 2.00 bits per heavy atom. The van der Waals surface area contributed by atoms with Gasteiger partial charge in [0.2, 0.25) is 0 Å². The molecule has 0 aliphatic heterocycles. The van der Waals surface area contributed by atoms with Gasteiger partial charge in [-0.05, 0) is 48.7 Å².